The summed E-state index contributed by atoms with van der Waals surface area (Å²) in [5.74, 6) is 0.621. The molecule has 96 valence electrons. The van der Waals surface area contributed by atoms with Gasteiger partial charge in [0.1, 0.15) is 0 Å². The molecule has 2 atom stereocenters. The zero-order chi connectivity index (χ0) is 12.5. The van der Waals surface area contributed by atoms with E-state index in [1.807, 2.05) is 6.07 Å². The number of anilines is 1. The van der Waals surface area contributed by atoms with Gasteiger partial charge in [0.05, 0.1) is 13.0 Å². The summed E-state index contributed by atoms with van der Waals surface area (Å²) in [6.07, 6.45) is 2.84. The Morgan fingerprint density at radius 3 is 3.11 bits per heavy atom. The second kappa shape index (κ2) is 5.02. The molecule has 3 nitrogen and oxygen atoms in total. The molecule has 18 heavy (non-hydrogen) atoms. The quantitative estimate of drug-likeness (QED) is 0.853. The third kappa shape index (κ3) is 2.31. The number of ether oxygens (including phenoxy) is 1. The molecule has 2 aliphatic heterocycles. The molecule has 0 spiro atoms. The molecule has 2 heterocycles. The first-order valence-electron chi connectivity index (χ1n) is 6.38. The minimum Gasteiger partial charge on any atom is -0.381 e. The molecule has 2 unspecified atom stereocenters. The summed E-state index contributed by atoms with van der Waals surface area (Å²) in [5, 5.41) is 2.86. The highest BCUT2D eigenvalue weighted by Crippen LogP contribution is 2.37. The fourth-order valence-electron chi connectivity index (χ4n) is 2.69. The SMILES string of the molecule is O=C1Cc2cc(C(Br)C3CCCOC3)ccc2N1. The molecular formula is C14H16BrNO2. The summed E-state index contributed by atoms with van der Waals surface area (Å²) < 4.78 is 5.54. The topological polar surface area (TPSA) is 38.3 Å². The molecular weight excluding hydrogens is 294 g/mol. The summed E-state index contributed by atoms with van der Waals surface area (Å²) in [6.45, 7) is 1.71. The van der Waals surface area contributed by atoms with Crippen molar-refractivity contribution in [3.8, 4) is 0 Å². The Hall–Kier alpha value is -0.870. The average Bonchev–Trinajstić information content (AvgIpc) is 2.78. The molecule has 1 amide bonds. The summed E-state index contributed by atoms with van der Waals surface area (Å²) in [7, 11) is 0. The number of carbonyl (C=O) groups excluding carboxylic acids is 1. The second-order valence-corrected chi connectivity index (χ2v) is 6.01. The molecule has 2 aliphatic rings. The van der Waals surface area contributed by atoms with Crippen molar-refractivity contribution in [2.24, 2.45) is 5.92 Å². The number of amides is 1. The lowest BCUT2D eigenvalue weighted by molar-refractivity contribution is -0.115. The standard InChI is InChI=1S/C14H16BrNO2/c15-14(10-2-1-5-18-8-10)9-3-4-12-11(6-9)7-13(17)16-12/h3-4,6,10,14H,1-2,5,7-8H2,(H,16,17). The highest BCUT2D eigenvalue weighted by atomic mass is 79.9. The first-order valence-corrected chi connectivity index (χ1v) is 7.30. The third-order valence-corrected chi connectivity index (χ3v) is 4.96. The van der Waals surface area contributed by atoms with Crippen molar-refractivity contribution < 1.29 is 9.53 Å². The first-order chi connectivity index (χ1) is 8.74. The minimum atomic E-state index is 0.0919. The number of halogens is 1. The number of rotatable bonds is 2. The van der Waals surface area contributed by atoms with E-state index in [0.717, 1.165) is 30.9 Å². The summed E-state index contributed by atoms with van der Waals surface area (Å²) in [5.41, 5.74) is 3.32. The zero-order valence-corrected chi connectivity index (χ0v) is 11.7. The van der Waals surface area contributed by atoms with Gasteiger partial charge in [0.15, 0.2) is 0 Å². The fourth-order valence-corrected chi connectivity index (χ4v) is 3.39. The average molecular weight is 310 g/mol. The third-order valence-electron chi connectivity index (χ3n) is 3.68. The van der Waals surface area contributed by atoms with Crippen molar-refractivity contribution in [1.82, 2.24) is 0 Å². The van der Waals surface area contributed by atoms with Gasteiger partial charge in [0, 0.05) is 17.1 Å². The Bertz CT molecular complexity index is 469. The molecule has 3 rings (SSSR count). The van der Waals surface area contributed by atoms with Crippen LogP contribution in [0, 0.1) is 5.92 Å². The van der Waals surface area contributed by atoms with E-state index in [1.54, 1.807) is 0 Å². The van der Waals surface area contributed by atoms with Gasteiger partial charge in [0.2, 0.25) is 5.91 Å². The Kier molecular flexibility index (Phi) is 3.39. The Balaban J connectivity index is 1.80. The lowest BCUT2D eigenvalue weighted by Crippen LogP contribution is -2.21. The minimum absolute atomic E-state index is 0.0919. The van der Waals surface area contributed by atoms with Gasteiger partial charge < -0.3 is 10.1 Å². The van der Waals surface area contributed by atoms with E-state index in [-0.39, 0.29) is 5.91 Å². The maximum Gasteiger partial charge on any atom is 0.228 e. The van der Waals surface area contributed by atoms with E-state index in [2.05, 4.69) is 33.4 Å². The van der Waals surface area contributed by atoms with Gasteiger partial charge in [-0.05, 0) is 36.0 Å². The monoisotopic (exact) mass is 309 g/mol. The predicted octanol–water partition coefficient (Wildman–Crippen LogP) is 3.04. The van der Waals surface area contributed by atoms with Crippen molar-refractivity contribution in [2.45, 2.75) is 24.1 Å². The normalized spacial score (nSPS) is 24.5. The van der Waals surface area contributed by atoms with Crippen LogP contribution >= 0.6 is 15.9 Å². The first kappa shape index (κ1) is 12.2. The van der Waals surface area contributed by atoms with Gasteiger partial charge in [-0.1, -0.05) is 28.1 Å². The van der Waals surface area contributed by atoms with Crippen molar-refractivity contribution in [1.29, 1.82) is 0 Å². The van der Waals surface area contributed by atoms with Gasteiger partial charge in [-0.25, -0.2) is 0 Å². The molecule has 0 saturated carbocycles. The molecule has 1 N–H and O–H groups in total. The van der Waals surface area contributed by atoms with Crippen LogP contribution in [-0.4, -0.2) is 19.1 Å². The Morgan fingerprint density at radius 1 is 1.44 bits per heavy atom. The second-order valence-electron chi connectivity index (χ2n) is 5.02. The molecule has 0 radical (unpaired) electrons. The van der Waals surface area contributed by atoms with E-state index in [1.165, 1.54) is 12.0 Å². The highest BCUT2D eigenvalue weighted by molar-refractivity contribution is 9.09. The van der Waals surface area contributed by atoms with Crippen LogP contribution in [-0.2, 0) is 16.0 Å². The van der Waals surface area contributed by atoms with Crippen molar-refractivity contribution in [3.05, 3.63) is 29.3 Å². The van der Waals surface area contributed by atoms with Crippen LogP contribution in [0.25, 0.3) is 0 Å². The zero-order valence-electron chi connectivity index (χ0n) is 10.1. The largest absolute Gasteiger partial charge is 0.381 e. The number of carbonyl (C=O) groups is 1. The van der Waals surface area contributed by atoms with Crippen LogP contribution in [0.1, 0.15) is 28.8 Å². The summed E-state index contributed by atoms with van der Waals surface area (Å²) in [6, 6.07) is 6.24. The summed E-state index contributed by atoms with van der Waals surface area (Å²) in [4.78, 5) is 11.7. The van der Waals surface area contributed by atoms with Crippen LogP contribution in [0.4, 0.5) is 5.69 Å². The van der Waals surface area contributed by atoms with Crippen LogP contribution in [0.15, 0.2) is 18.2 Å². The summed E-state index contributed by atoms with van der Waals surface area (Å²) >= 11 is 3.79. The van der Waals surface area contributed by atoms with Crippen LogP contribution < -0.4 is 5.32 Å². The lowest BCUT2D eigenvalue weighted by Gasteiger charge is -2.27. The molecule has 1 saturated heterocycles. The van der Waals surface area contributed by atoms with Gasteiger partial charge in [-0.2, -0.15) is 0 Å². The van der Waals surface area contributed by atoms with Gasteiger partial charge in [-0.15, -0.1) is 0 Å². The van der Waals surface area contributed by atoms with Crippen molar-refractivity contribution in [2.75, 3.05) is 18.5 Å². The molecule has 1 aromatic carbocycles. The molecule has 1 aromatic rings. The lowest BCUT2D eigenvalue weighted by atomic mass is 9.93. The van der Waals surface area contributed by atoms with Gasteiger partial charge in [-0.3, -0.25) is 4.79 Å². The smallest absolute Gasteiger partial charge is 0.228 e. The maximum atomic E-state index is 11.3. The maximum absolute atomic E-state index is 11.3. The van der Waals surface area contributed by atoms with E-state index >= 15 is 0 Å². The number of nitrogens with one attached hydrogen (secondary N) is 1. The van der Waals surface area contributed by atoms with E-state index in [0.29, 0.717) is 17.2 Å². The molecule has 0 aromatic heterocycles. The van der Waals surface area contributed by atoms with Crippen LogP contribution in [0.3, 0.4) is 0 Å². The molecule has 4 heteroatoms. The molecule has 1 fully saturated rings. The highest BCUT2D eigenvalue weighted by Gasteiger charge is 2.25. The van der Waals surface area contributed by atoms with Crippen molar-refractivity contribution in [3.63, 3.8) is 0 Å². The number of hydrogen-bond acceptors (Lipinski definition) is 2. The van der Waals surface area contributed by atoms with Gasteiger partial charge in [0.25, 0.3) is 0 Å². The van der Waals surface area contributed by atoms with Crippen LogP contribution in [0.2, 0.25) is 0 Å². The Labute approximate surface area is 115 Å². The number of alkyl halides is 1. The molecule has 0 aliphatic carbocycles. The number of benzene rings is 1. The van der Waals surface area contributed by atoms with Gasteiger partial charge >= 0.3 is 0 Å². The van der Waals surface area contributed by atoms with Crippen LogP contribution in [0.5, 0.6) is 0 Å². The van der Waals surface area contributed by atoms with E-state index in [9.17, 15) is 4.79 Å². The molecule has 0 bridgehead atoms. The van der Waals surface area contributed by atoms with E-state index in [4.69, 9.17) is 4.74 Å². The fraction of sp³-hybridized carbons (Fsp3) is 0.500. The predicted molar refractivity (Wildman–Crippen MR) is 74.0 cm³/mol. The number of fused-ring (bicyclic) bond motifs is 1. The van der Waals surface area contributed by atoms with Crippen molar-refractivity contribution >= 4 is 27.5 Å². The number of hydrogen-bond donors (Lipinski definition) is 1. The Morgan fingerprint density at radius 2 is 2.33 bits per heavy atom. The van der Waals surface area contributed by atoms with E-state index < -0.39 is 0 Å².